The van der Waals surface area contributed by atoms with E-state index in [0.717, 1.165) is 38.5 Å². The predicted molar refractivity (Wildman–Crippen MR) is 59.0 cm³/mol. The van der Waals surface area contributed by atoms with Gasteiger partial charge in [0.05, 0.1) is 0 Å². The highest BCUT2D eigenvalue weighted by atomic mass is 19.1. The van der Waals surface area contributed by atoms with Crippen molar-refractivity contribution in [2.75, 3.05) is 0 Å². The first kappa shape index (κ1) is 12.0. The molecule has 0 aliphatic heterocycles. The van der Waals surface area contributed by atoms with Gasteiger partial charge in [-0.3, -0.25) is 0 Å². The summed E-state index contributed by atoms with van der Waals surface area (Å²) in [6, 6.07) is 0. The van der Waals surface area contributed by atoms with E-state index < -0.39 is 6.17 Å². The van der Waals surface area contributed by atoms with Gasteiger partial charge in [0.25, 0.3) is 0 Å². The van der Waals surface area contributed by atoms with Gasteiger partial charge in [0.2, 0.25) is 0 Å². The molecule has 84 valence electrons. The Labute approximate surface area is 87.3 Å². The Morgan fingerprint density at radius 2 is 2.14 bits per heavy atom. The summed E-state index contributed by atoms with van der Waals surface area (Å²) in [5, 5.41) is 0. The van der Waals surface area contributed by atoms with Crippen molar-refractivity contribution in [2.24, 2.45) is 11.7 Å². The van der Waals surface area contributed by atoms with Crippen LogP contribution in [-0.4, -0.2) is 11.7 Å². The Hall–Kier alpha value is -0.110. The minimum absolute atomic E-state index is 0.0476. The fourth-order valence-corrected chi connectivity index (χ4v) is 2.46. The molecule has 0 saturated heterocycles. The quantitative estimate of drug-likeness (QED) is 0.700. The van der Waals surface area contributed by atoms with Gasteiger partial charge in [0.1, 0.15) is 6.17 Å². The molecule has 1 saturated carbocycles. The average molecular weight is 201 g/mol. The molecule has 0 aromatic heterocycles. The Kier molecular flexibility index (Phi) is 4.36. The van der Waals surface area contributed by atoms with Gasteiger partial charge >= 0.3 is 0 Å². The van der Waals surface area contributed by atoms with Gasteiger partial charge in [-0.15, -0.1) is 0 Å². The number of halogens is 1. The SMILES string of the molecule is CCCC(F)CCC1CCC1(N)CC. The molecule has 2 heteroatoms. The van der Waals surface area contributed by atoms with E-state index in [4.69, 9.17) is 5.73 Å². The lowest BCUT2D eigenvalue weighted by molar-refractivity contribution is 0.100. The van der Waals surface area contributed by atoms with Crippen LogP contribution in [0.4, 0.5) is 4.39 Å². The van der Waals surface area contributed by atoms with E-state index in [9.17, 15) is 4.39 Å². The van der Waals surface area contributed by atoms with Gasteiger partial charge in [0.15, 0.2) is 0 Å². The number of alkyl halides is 1. The third kappa shape index (κ3) is 2.69. The van der Waals surface area contributed by atoms with E-state index in [0.29, 0.717) is 5.92 Å². The molecule has 0 aromatic carbocycles. The highest BCUT2D eigenvalue weighted by Gasteiger charge is 2.41. The molecule has 2 N–H and O–H groups in total. The normalized spacial score (nSPS) is 33.9. The van der Waals surface area contributed by atoms with E-state index in [2.05, 4.69) is 6.92 Å². The van der Waals surface area contributed by atoms with Gasteiger partial charge in [0, 0.05) is 5.54 Å². The van der Waals surface area contributed by atoms with E-state index >= 15 is 0 Å². The molecule has 0 heterocycles. The number of hydrogen-bond donors (Lipinski definition) is 1. The largest absolute Gasteiger partial charge is 0.325 e. The molecule has 1 rings (SSSR count). The second-order valence-corrected chi connectivity index (χ2v) is 4.79. The number of rotatable bonds is 6. The van der Waals surface area contributed by atoms with Gasteiger partial charge in [-0.05, 0) is 44.4 Å². The molecule has 1 aliphatic carbocycles. The maximum Gasteiger partial charge on any atom is 0.100 e. The molecule has 0 amide bonds. The zero-order valence-electron chi connectivity index (χ0n) is 9.56. The number of hydrogen-bond acceptors (Lipinski definition) is 1. The van der Waals surface area contributed by atoms with Crippen molar-refractivity contribution in [2.45, 2.75) is 70.5 Å². The molecule has 0 aromatic rings. The topological polar surface area (TPSA) is 26.0 Å². The van der Waals surface area contributed by atoms with Crippen molar-refractivity contribution in [3.8, 4) is 0 Å². The van der Waals surface area contributed by atoms with Crippen molar-refractivity contribution >= 4 is 0 Å². The van der Waals surface area contributed by atoms with Crippen LogP contribution < -0.4 is 5.73 Å². The minimum Gasteiger partial charge on any atom is -0.325 e. The Balaban J connectivity index is 2.19. The summed E-state index contributed by atoms with van der Waals surface area (Å²) in [5.41, 5.74) is 6.23. The first-order valence-electron chi connectivity index (χ1n) is 6.05. The third-order valence-corrected chi connectivity index (χ3v) is 3.86. The van der Waals surface area contributed by atoms with Crippen molar-refractivity contribution in [3.63, 3.8) is 0 Å². The van der Waals surface area contributed by atoms with Crippen LogP contribution in [0.25, 0.3) is 0 Å². The first-order chi connectivity index (χ1) is 6.62. The standard InChI is InChI=1S/C12H24FN/c1-3-5-11(13)7-6-10-8-9-12(10,14)4-2/h10-11H,3-9,14H2,1-2H3. The van der Waals surface area contributed by atoms with Crippen LogP contribution in [0.3, 0.4) is 0 Å². The lowest BCUT2D eigenvalue weighted by Crippen LogP contribution is -2.54. The molecule has 0 bridgehead atoms. The predicted octanol–water partition coefficient (Wildman–Crippen LogP) is 3.42. The molecule has 1 fully saturated rings. The molecule has 1 aliphatic rings. The molecule has 0 spiro atoms. The Morgan fingerprint density at radius 1 is 1.43 bits per heavy atom. The summed E-state index contributed by atoms with van der Waals surface area (Å²) in [7, 11) is 0. The highest BCUT2D eigenvalue weighted by Crippen LogP contribution is 2.42. The Morgan fingerprint density at radius 3 is 2.57 bits per heavy atom. The van der Waals surface area contributed by atoms with Gasteiger partial charge < -0.3 is 5.73 Å². The number of nitrogens with two attached hydrogens (primary N) is 1. The summed E-state index contributed by atoms with van der Waals surface area (Å²) in [4.78, 5) is 0. The monoisotopic (exact) mass is 201 g/mol. The highest BCUT2D eigenvalue weighted by molar-refractivity contribution is 4.99. The van der Waals surface area contributed by atoms with Crippen LogP contribution in [0.5, 0.6) is 0 Å². The van der Waals surface area contributed by atoms with Gasteiger partial charge in [-0.1, -0.05) is 20.3 Å². The molecular weight excluding hydrogens is 177 g/mol. The average Bonchev–Trinajstić information content (AvgIpc) is 2.15. The smallest absolute Gasteiger partial charge is 0.100 e. The lowest BCUT2D eigenvalue weighted by Gasteiger charge is -2.47. The summed E-state index contributed by atoms with van der Waals surface area (Å²) >= 11 is 0. The van der Waals surface area contributed by atoms with E-state index in [1.165, 1.54) is 6.42 Å². The second-order valence-electron chi connectivity index (χ2n) is 4.79. The zero-order valence-corrected chi connectivity index (χ0v) is 9.56. The summed E-state index contributed by atoms with van der Waals surface area (Å²) in [6.07, 6.45) is 6.18. The van der Waals surface area contributed by atoms with Gasteiger partial charge in [-0.2, -0.15) is 0 Å². The molecule has 14 heavy (non-hydrogen) atoms. The third-order valence-electron chi connectivity index (χ3n) is 3.86. The van der Waals surface area contributed by atoms with Crippen LogP contribution >= 0.6 is 0 Å². The van der Waals surface area contributed by atoms with E-state index in [1.807, 2.05) is 6.92 Å². The maximum atomic E-state index is 13.2. The van der Waals surface area contributed by atoms with Crippen molar-refractivity contribution in [1.29, 1.82) is 0 Å². The van der Waals surface area contributed by atoms with Crippen LogP contribution in [-0.2, 0) is 0 Å². The van der Waals surface area contributed by atoms with E-state index in [-0.39, 0.29) is 5.54 Å². The van der Waals surface area contributed by atoms with Crippen LogP contribution in [0, 0.1) is 5.92 Å². The molecule has 1 nitrogen and oxygen atoms in total. The lowest BCUT2D eigenvalue weighted by atomic mass is 9.64. The molecule has 3 atom stereocenters. The molecule has 3 unspecified atom stereocenters. The summed E-state index contributed by atoms with van der Waals surface area (Å²) in [6.45, 7) is 4.18. The zero-order chi connectivity index (χ0) is 10.6. The molecule has 0 radical (unpaired) electrons. The summed E-state index contributed by atoms with van der Waals surface area (Å²) < 4.78 is 13.2. The van der Waals surface area contributed by atoms with Crippen LogP contribution in [0.15, 0.2) is 0 Å². The van der Waals surface area contributed by atoms with E-state index in [1.54, 1.807) is 0 Å². The fraction of sp³-hybridized carbons (Fsp3) is 1.00. The Bertz CT molecular complexity index is 168. The molecular formula is C12H24FN. The summed E-state index contributed by atoms with van der Waals surface area (Å²) in [5.74, 6) is 0.586. The van der Waals surface area contributed by atoms with Crippen molar-refractivity contribution < 1.29 is 4.39 Å². The minimum atomic E-state index is -0.596. The van der Waals surface area contributed by atoms with Gasteiger partial charge in [-0.25, -0.2) is 4.39 Å². The maximum absolute atomic E-state index is 13.2. The van der Waals surface area contributed by atoms with Crippen molar-refractivity contribution in [3.05, 3.63) is 0 Å². The van der Waals surface area contributed by atoms with Crippen LogP contribution in [0.1, 0.15) is 58.8 Å². The fourth-order valence-electron chi connectivity index (χ4n) is 2.46. The van der Waals surface area contributed by atoms with Crippen LogP contribution in [0.2, 0.25) is 0 Å². The van der Waals surface area contributed by atoms with Crippen molar-refractivity contribution in [1.82, 2.24) is 0 Å². The first-order valence-corrected chi connectivity index (χ1v) is 6.05. The second kappa shape index (κ2) is 5.11.